The topological polar surface area (TPSA) is 57.8 Å². The highest BCUT2D eigenvalue weighted by Crippen LogP contribution is 2.31. The fraction of sp³-hybridized carbons (Fsp3) is 0.600. The third-order valence-corrected chi connectivity index (χ3v) is 2.96. The molecule has 0 radical (unpaired) electrons. The molecule has 2 unspecified atom stereocenters. The van der Waals surface area contributed by atoms with Crippen molar-refractivity contribution in [2.75, 3.05) is 5.32 Å². The van der Waals surface area contributed by atoms with E-state index >= 15 is 0 Å². The van der Waals surface area contributed by atoms with Crippen LogP contribution in [0, 0.1) is 11.8 Å². The number of nitrogens with one attached hydrogen (secondary N) is 2. The third kappa shape index (κ3) is 1.78. The number of nitrogens with zero attached hydrogens (tertiary/aromatic N) is 1. The first-order chi connectivity index (χ1) is 6.77. The van der Waals surface area contributed by atoms with Crippen LogP contribution in [0.25, 0.3) is 0 Å². The molecule has 1 amide bonds. The molecule has 2 atom stereocenters. The Morgan fingerprint density at radius 2 is 2.50 bits per heavy atom. The van der Waals surface area contributed by atoms with Crippen LogP contribution in [-0.2, 0) is 4.79 Å². The van der Waals surface area contributed by atoms with Crippen molar-refractivity contribution in [2.24, 2.45) is 11.8 Å². The van der Waals surface area contributed by atoms with Crippen molar-refractivity contribution in [2.45, 2.75) is 26.2 Å². The van der Waals surface area contributed by atoms with Gasteiger partial charge >= 0.3 is 0 Å². The summed E-state index contributed by atoms with van der Waals surface area (Å²) in [6, 6.07) is 0. The summed E-state index contributed by atoms with van der Waals surface area (Å²) < 4.78 is 0. The Kier molecular flexibility index (Phi) is 2.52. The Hall–Kier alpha value is -1.32. The number of H-pyrrole nitrogens is 1. The summed E-state index contributed by atoms with van der Waals surface area (Å²) in [6.07, 6.45) is 6.67. The number of rotatable bonds is 2. The van der Waals surface area contributed by atoms with Gasteiger partial charge in [0.25, 0.3) is 0 Å². The highest BCUT2D eigenvalue weighted by molar-refractivity contribution is 5.92. The first kappa shape index (κ1) is 9.24. The minimum atomic E-state index is 0.136. The monoisotopic (exact) mass is 193 g/mol. The van der Waals surface area contributed by atoms with Crippen molar-refractivity contribution in [1.82, 2.24) is 10.2 Å². The van der Waals surface area contributed by atoms with Gasteiger partial charge in [0.2, 0.25) is 5.91 Å². The zero-order valence-corrected chi connectivity index (χ0v) is 8.29. The Morgan fingerprint density at radius 1 is 1.64 bits per heavy atom. The van der Waals surface area contributed by atoms with E-state index in [0.717, 1.165) is 12.1 Å². The molecule has 1 heterocycles. The van der Waals surface area contributed by atoms with E-state index < -0.39 is 0 Å². The van der Waals surface area contributed by atoms with E-state index in [1.165, 1.54) is 12.8 Å². The largest absolute Gasteiger partial charge is 0.323 e. The van der Waals surface area contributed by atoms with E-state index in [9.17, 15) is 4.79 Å². The van der Waals surface area contributed by atoms with Crippen LogP contribution in [0.15, 0.2) is 12.4 Å². The summed E-state index contributed by atoms with van der Waals surface area (Å²) in [6.45, 7) is 2.15. The number of aromatic amines is 1. The maximum atomic E-state index is 11.8. The zero-order chi connectivity index (χ0) is 9.97. The second-order valence-corrected chi connectivity index (χ2v) is 3.99. The smallest absolute Gasteiger partial charge is 0.227 e. The molecule has 4 nitrogen and oxygen atoms in total. The molecule has 1 aliphatic rings. The molecule has 0 spiro atoms. The number of carbonyl (C=O) groups excluding carboxylic acids is 1. The molecule has 76 valence electrons. The lowest BCUT2D eigenvalue weighted by molar-refractivity contribution is -0.120. The maximum Gasteiger partial charge on any atom is 0.227 e. The van der Waals surface area contributed by atoms with E-state index in [1.54, 1.807) is 12.4 Å². The van der Waals surface area contributed by atoms with E-state index in [1.807, 2.05) is 0 Å². The van der Waals surface area contributed by atoms with Crippen molar-refractivity contribution < 1.29 is 4.79 Å². The molecule has 1 fully saturated rings. The van der Waals surface area contributed by atoms with E-state index in [4.69, 9.17) is 0 Å². The predicted molar refractivity (Wildman–Crippen MR) is 53.7 cm³/mol. The van der Waals surface area contributed by atoms with Gasteiger partial charge in [-0.25, -0.2) is 0 Å². The van der Waals surface area contributed by atoms with Crippen molar-refractivity contribution in [3.63, 3.8) is 0 Å². The van der Waals surface area contributed by atoms with Crippen LogP contribution < -0.4 is 5.32 Å². The fourth-order valence-electron chi connectivity index (χ4n) is 2.09. The number of hydrogen-bond acceptors (Lipinski definition) is 2. The van der Waals surface area contributed by atoms with Crippen molar-refractivity contribution >= 4 is 11.6 Å². The molecule has 0 bridgehead atoms. The van der Waals surface area contributed by atoms with Crippen LogP contribution in [0.5, 0.6) is 0 Å². The van der Waals surface area contributed by atoms with E-state index in [0.29, 0.717) is 5.92 Å². The maximum absolute atomic E-state index is 11.8. The predicted octanol–water partition coefficient (Wildman–Crippen LogP) is 1.78. The Balaban J connectivity index is 1.95. The van der Waals surface area contributed by atoms with Crippen molar-refractivity contribution in [3.8, 4) is 0 Å². The van der Waals surface area contributed by atoms with Gasteiger partial charge in [-0.3, -0.25) is 9.89 Å². The van der Waals surface area contributed by atoms with E-state index in [-0.39, 0.29) is 11.8 Å². The van der Waals surface area contributed by atoms with Gasteiger partial charge in [-0.1, -0.05) is 13.3 Å². The molecule has 0 aromatic carbocycles. The van der Waals surface area contributed by atoms with Gasteiger partial charge in [0.1, 0.15) is 0 Å². The van der Waals surface area contributed by atoms with Gasteiger partial charge in [-0.2, -0.15) is 5.10 Å². The van der Waals surface area contributed by atoms with Crippen LogP contribution in [0.2, 0.25) is 0 Å². The average Bonchev–Trinajstić information content (AvgIpc) is 2.75. The molecule has 2 N–H and O–H groups in total. The lowest BCUT2D eigenvalue weighted by Gasteiger charge is -2.13. The van der Waals surface area contributed by atoms with Crippen molar-refractivity contribution in [1.29, 1.82) is 0 Å². The Labute approximate surface area is 83.1 Å². The van der Waals surface area contributed by atoms with Crippen LogP contribution in [0.1, 0.15) is 26.2 Å². The number of aromatic nitrogens is 2. The highest BCUT2D eigenvalue weighted by atomic mass is 16.1. The Bertz CT molecular complexity index is 307. The normalized spacial score (nSPS) is 26.4. The van der Waals surface area contributed by atoms with Crippen LogP contribution in [-0.4, -0.2) is 16.1 Å². The van der Waals surface area contributed by atoms with Gasteiger partial charge in [0.05, 0.1) is 11.9 Å². The molecular weight excluding hydrogens is 178 g/mol. The first-order valence-electron chi connectivity index (χ1n) is 5.07. The minimum absolute atomic E-state index is 0.136. The number of amides is 1. The molecule has 1 aromatic heterocycles. The van der Waals surface area contributed by atoms with Gasteiger partial charge in [0, 0.05) is 12.1 Å². The molecule has 14 heavy (non-hydrogen) atoms. The molecule has 4 heteroatoms. The van der Waals surface area contributed by atoms with E-state index in [2.05, 4.69) is 22.4 Å². The summed E-state index contributed by atoms with van der Waals surface area (Å²) in [7, 11) is 0. The molecule has 1 saturated carbocycles. The lowest BCUT2D eigenvalue weighted by atomic mass is 9.97. The van der Waals surface area contributed by atoms with Crippen molar-refractivity contribution in [3.05, 3.63) is 12.4 Å². The summed E-state index contributed by atoms with van der Waals surface area (Å²) in [5.74, 6) is 0.836. The Morgan fingerprint density at radius 3 is 3.07 bits per heavy atom. The SMILES string of the molecule is CC1CCCC1C(=O)Nc1cn[nH]c1. The van der Waals surface area contributed by atoms with Gasteiger partial charge in [0.15, 0.2) is 0 Å². The average molecular weight is 193 g/mol. The van der Waals surface area contributed by atoms with Crippen LogP contribution in [0.3, 0.4) is 0 Å². The lowest BCUT2D eigenvalue weighted by Crippen LogP contribution is -2.24. The quantitative estimate of drug-likeness (QED) is 0.752. The molecule has 1 aromatic rings. The van der Waals surface area contributed by atoms with Gasteiger partial charge in [-0.05, 0) is 18.8 Å². The van der Waals surface area contributed by atoms with Gasteiger partial charge < -0.3 is 5.32 Å². The highest BCUT2D eigenvalue weighted by Gasteiger charge is 2.29. The van der Waals surface area contributed by atoms with Gasteiger partial charge in [-0.15, -0.1) is 0 Å². The molecule has 0 aliphatic heterocycles. The summed E-state index contributed by atoms with van der Waals surface area (Å²) in [5, 5.41) is 9.31. The number of anilines is 1. The minimum Gasteiger partial charge on any atom is -0.323 e. The summed E-state index contributed by atoms with van der Waals surface area (Å²) in [5.41, 5.74) is 0.758. The number of hydrogen-bond donors (Lipinski definition) is 2. The first-order valence-corrected chi connectivity index (χ1v) is 5.07. The van der Waals surface area contributed by atoms with Crippen LogP contribution in [0.4, 0.5) is 5.69 Å². The summed E-state index contributed by atoms with van der Waals surface area (Å²) in [4.78, 5) is 11.8. The molecule has 0 saturated heterocycles. The fourth-order valence-corrected chi connectivity index (χ4v) is 2.09. The number of carbonyl (C=O) groups is 1. The standard InChI is InChI=1S/C10H15N3O/c1-7-3-2-4-9(7)10(14)13-8-5-11-12-6-8/h5-7,9H,2-4H2,1H3,(H,11,12)(H,13,14). The molecule has 1 aliphatic carbocycles. The second kappa shape index (κ2) is 3.82. The molecule has 2 rings (SSSR count). The summed E-state index contributed by atoms with van der Waals surface area (Å²) >= 11 is 0. The zero-order valence-electron chi connectivity index (χ0n) is 8.29. The second-order valence-electron chi connectivity index (χ2n) is 3.99. The van der Waals surface area contributed by atoms with Crippen LogP contribution >= 0.6 is 0 Å². The molecular formula is C10H15N3O. The third-order valence-electron chi connectivity index (χ3n) is 2.96.